The Labute approximate surface area is 135 Å². The lowest BCUT2D eigenvalue weighted by Crippen LogP contribution is -2.37. The Morgan fingerprint density at radius 1 is 1.36 bits per heavy atom. The van der Waals surface area contributed by atoms with Gasteiger partial charge in [0.05, 0.1) is 13.2 Å². The molecule has 0 unspecified atom stereocenters. The van der Waals surface area contributed by atoms with E-state index >= 15 is 0 Å². The van der Waals surface area contributed by atoms with Crippen LogP contribution >= 0.6 is 22.7 Å². The van der Waals surface area contributed by atoms with Crippen LogP contribution in [-0.2, 0) is 11.3 Å². The highest BCUT2D eigenvalue weighted by Gasteiger charge is 2.25. The highest BCUT2D eigenvalue weighted by molar-refractivity contribution is 7.09. The molecule has 3 aromatic rings. The van der Waals surface area contributed by atoms with Crippen LogP contribution in [0.5, 0.6) is 0 Å². The quantitative estimate of drug-likeness (QED) is 0.731. The Morgan fingerprint density at radius 2 is 2.36 bits per heavy atom. The molecule has 0 aliphatic carbocycles. The monoisotopic (exact) mass is 334 g/mol. The number of hydrogen-bond donors (Lipinski definition) is 0. The maximum Gasteiger partial charge on any atom is 0.241 e. The Morgan fingerprint density at radius 3 is 3.18 bits per heavy atom. The van der Waals surface area contributed by atoms with Gasteiger partial charge >= 0.3 is 0 Å². The minimum absolute atomic E-state index is 0.0352. The van der Waals surface area contributed by atoms with Crippen LogP contribution < -0.4 is 0 Å². The molecule has 8 heteroatoms. The van der Waals surface area contributed by atoms with Gasteiger partial charge in [0, 0.05) is 35.6 Å². The third kappa shape index (κ3) is 2.95. The molecule has 0 N–H and O–H groups in total. The second kappa shape index (κ2) is 6.25. The van der Waals surface area contributed by atoms with Gasteiger partial charge in [-0.2, -0.15) is 16.3 Å². The summed E-state index contributed by atoms with van der Waals surface area (Å²) in [5.41, 5.74) is 1.00. The lowest BCUT2D eigenvalue weighted by atomic mass is 10.3. The zero-order valence-corrected chi connectivity index (χ0v) is 13.3. The minimum Gasteiger partial charge on any atom is -0.368 e. The Hall–Kier alpha value is -1.61. The average Bonchev–Trinajstić information content (AvgIpc) is 3.29. The Kier molecular flexibility index (Phi) is 3.98. The van der Waals surface area contributed by atoms with Gasteiger partial charge < -0.3 is 9.26 Å². The molecule has 3 aromatic heterocycles. The molecule has 0 bridgehead atoms. The largest absolute Gasteiger partial charge is 0.368 e. The molecule has 114 valence electrons. The summed E-state index contributed by atoms with van der Waals surface area (Å²) in [7, 11) is 0. The van der Waals surface area contributed by atoms with E-state index < -0.39 is 0 Å². The number of hydrogen-bond acceptors (Lipinski definition) is 8. The van der Waals surface area contributed by atoms with E-state index in [4.69, 9.17) is 9.26 Å². The van der Waals surface area contributed by atoms with Crippen molar-refractivity contribution in [1.82, 2.24) is 20.0 Å². The summed E-state index contributed by atoms with van der Waals surface area (Å²) < 4.78 is 11.2. The van der Waals surface area contributed by atoms with Gasteiger partial charge in [0.1, 0.15) is 11.1 Å². The van der Waals surface area contributed by atoms with Crippen LogP contribution in [0, 0.1) is 0 Å². The van der Waals surface area contributed by atoms with E-state index in [0.29, 0.717) is 24.9 Å². The summed E-state index contributed by atoms with van der Waals surface area (Å²) >= 11 is 3.25. The highest BCUT2D eigenvalue weighted by Crippen LogP contribution is 2.25. The van der Waals surface area contributed by atoms with Crippen molar-refractivity contribution in [3.8, 4) is 11.4 Å². The summed E-state index contributed by atoms with van der Waals surface area (Å²) in [6.07, 6.45) is 1.85. The van der Waals surface area contributed by atoms with E-state index in [-0.39, 0.29) is 6.10 Å². The molecular weight excluding hydrogens is 320 g/mol. The first-order chi connectivity index (χ1) is 10.9. The molecule has 0 amide bonds. The van der Waals surface area contributed by atoms with Crippen molar-refractivity contribution in [2.24, 2.45) is 0 Å². The second-order valence-corrected chi connectivity index (χ2v) is 6.69. The van der Waals surface area contributed by atoms with E-state index in [9.17, 15) is 0 Å². The van der Waals surface area contributed by atoms with Crippen LogP contribution in [0.4, 0.5) is 0 Å². The van der Waals surface area contributed by atoms with Crippen LogP contribution in [0.2, 0.25) is 0 Å². The fourth-order valence-corrected chi connectivity index (χ4v) is 3.72. The van der Waals surface area contributed by atoms with Gasteiger partial charge in [-0.3, -0.25) is 4.90 Å². The Bertz CT molecular complexity index is 711. The maximum atomic E-state index is 5.80. The molecule has 1 aliphatic rings. The number of morpholine rings is 1. The molecule has 6 nitrogen and oxygen atoms in total. The number of ether oxygens (including phenoxy) is 1. The molecule has 1 aliphatic heterocycles. The molecule has 1 atom stereocenters. The molecule has 0 aromatic carbocycles. The van der Waals surface area contributed by atoms with Gasteiger partial charge in [-0.1, -0.05) is 5.16 Å². The zero-order valence-electron chi connectivity index (χ0n) is 11.7. The molecule has 4 heterocycles. The third-order valence-electron chi connectivity index (χ3n) is 3.48. The predicted molar refractivity (Wildman–Crippen MR) is 83.7 cm³/mol. The molecular formula is C14H14N4O2S2. The van der Waals surface area contributed by atoms with Gasteiger partial charge in [-0.25, -0.2) is 4.98 Å². The van der Waals surface area contributed by atoms with Gasteiger partial charge in [0.2, 0.25) is 11.7 Å². The number of thiazole rings is 1. The molecule has 1 saturated heterocycles. The van der Waals surface area contributed by atoms with Gasteiger partial charge in [-0.05, 0) is 11.4 Å². The van der Waals surface area contributed by atoms with Crippen molar-refractivity contribution in [3.63, 3.8) is 0 Å². The number of nitrogens with zero attached hydrogens (tertiary/aromatic N) is 4. The van der Waals surface area contributed by atoms with Crippen molar-refractivity contribution in [2.75, 3.05) is 19.7 Å². The molecule has 1 fully saturated rings. The molecule has 0 spiro atoms. The fourth-order valence-electron chi connectivity index (χ4n) is 2.41. The predicted octanol–water partition coefficient (Wildman–Crippen LogP) is 2.83. The molecule has 0 saturated carbocycles. The van der Waals surface area contributed by atoms with Gasteiger partial charge in [-0.15, -0.1) is 11.3 Å². The summed E-state index contributed by atoms with van der Waals surface area (Å²) in [5, 5.41) is 11.1. The summed E-state index contributed by atoms with van der Waals surface area (Å²) in [5.74, 6) is 1.29. The topological polar surface area (TPSA) is 64.3 Å². The lowest BCUT2D eigenvalue weighted by Gasteiger charge is -2.30. The Balaban J connectivity index is 1.43. The van der Waals surface area contributed by atoms with E-state index in [2.05, 4.69) is 20.0 Å². The summed E-state index contributed by atoms with van der Waals surface area (Å²) in [6.45, 7) is 2.99. The van der Waals surface area contributed by atoms with Crippen molar-refractivity contribution in [2.45, 2.75) is 12.6 Å². The maximum absolute atomic E-state index is 5.80. The van der Waals surface area contributed by atoms with Crippen molar-refractivity contribution in [3.05, 3.63) is 39.3 Å². The van der Waals surface area contributed by atoms with Crippen LogP contribution in [0.25, 0.3) is 11.4 Å². The van der Waals surface area contributed by atoms with Gasteiger partial charge in [0.25, 0.3) is 0 Å². The van der Waals surface area contributed by atoms with Crippen LogP contribution in [0.3, 0.4) is 0 Å². The van der Waals surface area contributed by atoms with Crippen LogP contribution in [0.1, 0.15) is 17.0 Å². The normalized spacial score (nSPS) is 19.5. The summed E-state index contributed by atoms with van der Waals surface area (Å²) in [4.78, 5) is 11.1. The molecule has 0 radical (unpaired) electrons. The SMILES string of the molecule is c1csc([C@H]2CN(Cc3nc(-c4ccsc4)no3)CCO2)n1. The number of aromatic nitrogens is 3. The second-order valence-electron chi connectivity index (χ2n) is 4.99. The first-order valence-corrected chi connectivity index (χ1v) is 8.79. The van der Waals surface area contributed by atoms with Crippen LogP contribution in [-0.4, -0.2) is 39.7 Å². The number of rotatable bonds is 4. The fraction of sp³-hybridized carbons (Fsp3) is 0.357. The first-order valence-electron chi connectivity index (χ1n) is 6.97. The average molecular weight is 334 g/mol. The van der Waals surface area contributed by atoms with E-state index in [1.807, 2.05) is 28.4 Å². The van der Waals surface area contributed by atoms with Crippen molar-refractivity contribution >= 4 is 22.7 Å². The smallest absolute Gasteiger partial charge is 0.241 e. The summed E-state index contributed by atoms with van der Waals surface area (Å²) in [6, 6.07) is 1.99. The van der Waals surface area contributed by atoms with Crippen molar-refractivity contribution < 1.29 is 9.26 Å². The highest BCUT2D eigenvalue weighted by atomic mass is 32.1. The first kappa shape index (κ1) is 14.0. The van der Waals surface area contributed by atoms with Gasteiger partial charge in [0.15, 0.2) is 0 Å². The third-order valence-corrected chi connectivity index (χ3v) is 5.03. The zero-order chi connectivity index (χ0) is 14.8. The minimum atomic E-state index is 0.0352. The van der Waals surface area contributed by atoms with E-state index in [1.54, 1.807) is 22.7 Å². The van der Waals surface area contributed by atoms with E-state index in [1.165, 1.54) is 0 Å². The molecule has 22 heavy (non-hydrogen) atoms. The molecule has 4 rings (SSSR count). The number of thiophene rings is 1. The van der Waals surface area contributed by atoms with Crippen LogP contribution in [0.15, 0.2) is 32.9 Å². The standard InChI is InChI=1S/C14H14N4O2S2/c1-5-21-9-10(1)13-16-12(20-17-13)8-18-3-4-19-11(7-18)14-15-2-6-22-14/h1-2,5-6,9,11H,3-4,7-8H2/t11-/m1/s1. The van der Waals surface area contributed by atoms with E-state index in [0.717, 1.165) is 23.7 Å². The lowest BCUT2D eigenvalue weighted by molar-refractivity contribution is -0.0356. The van der Waals surface area contributed by atoms with Crippen molar-refractivity contribution in [1.29, 1.82) is 0 Å².